The van der Waals surface area contributed by atoms with E-state index in [0.717, 1.165) is 39.1 Å². The quantitative estimate of drug-likeness (QED) is 0.352. The van der Waals surface area contributed by atoms with Crippen LogP contribution in [0.3, 0.4) is 0 Å². The Bertz CT molecular complexity index is 295. The van der Waals surface area contributed by atoms with Gasteiger partial charge in [-0.2, -0.15) is 12.6 Å². The predicted molar refractivity (Wildman–Crippen MR) is 78.4 cm³/mol. The van der Waals surface area contributed by atoms with Gasteiger partial charge in [0.1, 0.15) is 6.04 Å². The molecule has 0 aromatic heterocycles. The normalized spacial score (nSPS) is 17.8. The molecule has 0 aliphatic carbocycles. The summed E-state index contributed by atoms with van der Waals surface area (Å²) in [5.41, 5.74) is 0. The lowest BCUT2D eigenvalue weighted by atomic mass is 10.3. The highest BCUT2D eigenvalue weighted by molar-refractivity contribution is 7.80. The maximum absolute atomic E-state index is 11.8. The van der Waals surface area contributed by atoms with E-state index in [2.05, 4.69) is 33.5 Å². The van der Waals surface area contributed by atoms with Gasteiger partial charge in [-0.25, -0.2) is 0 Å². The van der Waals surface area contributed by atoms with Crippen molar-refractivity contribution < 1.29 is 9.59 Å². The maximum Gasteiger partial charge on any atom is 0.243 e. The van der Waals surface area contributed by atoms with Crippen molar-refractivity contribution in [2.24, 2.45) is 0 Å². The summed E-state index contributed by atoms with van der Waals surface area (Å²) in [6, 6.07) is -0.542. The number of amides is 2. The van der Waals surface area contributed by atoms with Crippen LogP contribution in [-0.4, -0.2) is 67.8 Å². The van der Waals surface area contributed by atoms with Crippen LogP contribution in [0.15, 0.2) is 0 Å². The smallest absolute Gasteiger partial charge is 0.243 e. The molecular weight excluding hydrogens is 264 g/mol. The number of hydrogen-bond acceptors (Lipinski definition) is 5. The number of rotatable bonds is 7. The monoisotopic (exact) mass is 288 g/mol. The molecule has 110 valence electrons. The van der Waals surface area contributed by atoms with Gasteiger partial charge >= 0.3 is 0 Å². The summed E-state index contributed by atoms with van der Waals surface area (Å²) in [5, 5.41) is 8.71. The van der Waals surface area contributed by atoms with Gasteiger partial charge in [0.2, 0.25) is 11.8 Å². The lowest BCUT2D eigenvalue weighted by Gasteiger charge is -2.27. The summed E-state index contributed by atoms with van der Waals surface area (Å²) in [7, 11) is 0. The van der Waals surface area contributed by atoms with Crippen molar-refractivity contribution in [2.75, 3.05) is 45.0 Å². The molecular formula is C12H24N4O2S. The molecule has 7 heteroatoms. The Hall–Kier alpha value is -0.790. The fourth-order valence-corrected chi connectivity index (χ4v) is 2.27. The first-order valence-electron chi connectivity index (χ1n) is 6.72. The zero-order valence-electron chi connectivity index (χ0n) is 11.4. The molecule has 1 aliphatic rings. The van der Waals surface area contributed by atoms with E-state index >= 15 is 0 Å². The van der Waals surface area contributed by atoms with Gasteiger partial charge in [0.05, 0.1) is 0 Å². The van der Waals surface area contributed by atoms with Crippen molar-refractivity contribution in [3.8, 4) is 0 Å². The first-order valence-corrected chi connectivity index (χ1v) is 7.35. The van der Waals surface area contributed by atoms with Crippen molar-refractivity contribution in [2.45, 2.75) is 19.4 Å². The van der Waals surface area contributed by atoms with Gasteiger partial charge in [-0.15, -0.1) is 0 Å². The Morgan fingerprint density at radius 3 is 2.63 bits per heavy atom. The summed E-state index contributed by atoms with van der Waals surface area (Å²) >= 11 is 4.07. The Morgan fingerprint density at radius 1 is 1.37 bits per heavy atom. The van der Waals surface area contributed by atoms with Crippen molar-refractivity contribution in [3.05, 3.63) is 0 Å². The molecule has 1 heterocycles. The molecule has 19 heavy (non-hydrogen) atoms. The number of carbonyl (C=O) groups excluding carboxylic acids is 2. The first kappa shape index (κ1) is 16.3. The lowest BCUT2D eigenvalue weighted by molar-refractivity contribution is -0.127. The van der Waals surface area contributed by atoms with Crippen LogP contribution in [0.4, 0.5) is 0 Å². The van der Waals surface area contributed by atoms with Crippen LogP contribution in [0.1, 0.15) is 13.3 Å². The number of thiol groups is 1. The molecule has 1 fully saturated rings. The van der Waals surface area contributed by atoms with E-state index in [1.807, 2.05) is 0 Å². The van der Waals surface area contributed by atoms with Gasteiger partial charge in [0.25, 0.3) is 0 Å². The van der Waals surface area contributed by atoms with E-state index < -0.39 is 6.04 Å². The standard InChI is InChI=1S/C12H24N4O2S/c1-10(17)15-11(9-19)12(18)14-3-2-6-16-7-4-13-5-8-16/h11,13,19H,2-9H2,1H3,(H,14,18)(H,15,17). The molecule has 3 N–H and O–H groups in total. The van der Waals surface area contributed by atoms with E-state index in [1.54, 1.807) is 0 Å². The highest BCUT2D eigenvalue weighted by Gasteiger charge is 2.17. The fraction of sp³-hybridized carbons (Fsp3) is 0.833. The summed E-state index contributed by atoms with van der Waals surface area (Å²) in [6.45, 7) is 7.24. The van der Waals surface area contributed by atoms with Crippen molar-refractivity contribution >= 4 is 24.4 Å². The predicted octanol–water partition coefficient (Wildman–Crippen LogP) is -1.17. The van der Waals surface area contributed by atoms with Crippen LogP contribution in [0.5, 0.6) is 0 Å². The zero-order chi connectivity index (χ0) is 14.1. The van der Waals surface area contributed by atoms with E-state index in [0.29, 0.717) is 12.3 Å². The third-order valence-corrected chi connectivity index (χ3v) is 3.40. The Morgan fingerprint density at radius 2 is 2.05 bits per heavy atom. The molecule has 0 aromatic rings. The minimum atomic E-state index is -0.542. The summed E-state index contributed by atoms with van der Waals surface area (Å²) in [6.07, 6.45) is 0.922. The molecule has 0 spiro atoms. The van der Waals surface area contributed by atoms with Gasteiger partial charge in [-0.3, -0.25) is 9.59 Å². The van der Waals surface area contributed by atoms with E-state index in [4.69, 9.17) is 0 Å². The number of carbonyl (C=O) groups is 2. The average molecular weight is 288 g/mol. The molecule has 2 amide bonds. The molecule has 1 atom stereocenters. The third-order valence-electron chi connectivity index (χ3n) is 3.04. The molecule has 0 radical (unpaired) electrons. The maximum atomic E-state index is 11.8. The molecule has 1 saturated heterocycles. The number of nitrogens with zero attached hydrogens (tertiary/aromatic N) is 1. The topological polar surface area (TPSA) is 73.5 Å². The molecule has 0 bridgehead atoms. The van der Waals surface area contributed by atoms with Gasteiger partial charge in [0, 0.05) is 45.4 Å². The second-order valence-electron chi connectivity index (χ2n) is 4.67. The largest absolute Gasteiger partial charge is 0.354 e. The molecule has 0 saturated carbocycles. The Labute approximate surface area is 120 Å². The van der Waals surface area contributed by atoms with Crippen LogP contribution in [0.25, 0.3) is 0 Å². The van der Waals surface area contributed by atoms with Gasteiger partial charge < -0.3 is 20.9 Å². The SMILES string of the molecule is CC(=O)NC(CS)C(=O)NCCCN1CCNCC1. The van der Waals surface area contributed by atoms with Crippen LogP contribution in [0, 0.1) is 0 Å². The van der Waals surface area contributed by atoms with Crippen LogP contribution in [-0.2, 0) is 9.59 Å². The number of nitrogens with one attached hydrogen (secondary N) is 3. The number of hydrogen-bond donors (Lipinski definition) is 4. The third kappa shape index (κ3) is 6.79. The van der Waals surface area contributed by atoms with Gasteiger partial charge in [0.15, 0.2) is 0 Å². The summed E-state index contributed by atoms with van der Waals surface area (Å²) in [5.74, 6) is -0.0658. The average Bonchev–Trinajstić information content (AvgIpc) is 2.41. The molecule has 1 aliphatic heterocycles. The van der Waals surface area contributed by atoms with Crippen LogP contribution < -0.4 is 16.0 Å². The molecule has 0 aromatic carbocycles. The van der Waals surface area contributed by atoms with Crippen molar-refractivity contribution in [1.29, 1.82) is 0 Å². The second-order valence-corrected chi connectivity index (χ2v) is 5.04. The number of piperazine rings is 1. The Kier molecular flexibility index (Phi) is 7.85. The fourth-order valence-electron chi connectivity index (χ4n) is 2.01. The Balaban J connectivity index is 2.13. The first-order chi connectivity index (χ1) is 9.13. The summed E-state index contributed by atoms with van der Waals surface area (Å²) in [4.78, 5) is 25.1. The van der Waals surface area contributed by atoms with E-state index in [-0.39, 0.29) is 11.8 Å². The molecule has 6 nitrogen and oxygen atoms in total. The minimum absolute atomic E-state index is 0.162. The highest BCUT2D eigenvalue weighted by Crippen LogP contribution is 1.94. The summed E-state index contributed by atoms with van der Waals surface area (Å²) < 4.78 is 0. The van der Waals surface area contributed by atoms with Crippen LogP contribution in [0.2, 0.25) is 0 Å². The second kappa shape index (κ2) is 9.17. The van der Waals surface area contributed by atoms with Crippen LogP contribution >= 0.6 is 12.6 Å². The van der Waals surface area contributed by atoms with Gasteiger partial charge in [-0.05, 0) is 13.0 Å². The van der Waals surface area contributed by atoms with Crippen molar-refractivity contribution in [1.82, 2.24) is 20.9 Å². The van der Waals surface area contributed by atoms with Crippen molar-refractivity contribution in [3.63, 3.8) is 0 Å². The highest BCUT2D eigenvalue weighted by atomic mass is 32.1. The van der Waals surface area contributed by atoms with E-state index in [1.165, 1.54) is 6.92 Å². The minimum Gasteiger partial charge on any atom is -0.354 e. The molecule has 1 rings (SSSR count). The zero-order valence-corrected chi connectivity index (χ0v) is 12.3. The lowest BCUT2D eigenvalue weighted by Crippen LogP contribution is -2.48. The van der Waals surface area contributed by atoms with Gasteiger partial charge in [-0.1, -0.05) is 0 Å². The van der Waals surface area contributed by atoms with E-state index in [9.17, 15) is 9.59 Å². The molecule has 1 unspecified atom stereocenters.